The molecule has 0 aliphatic carbocycles. The molecule has 0 bridgehead atoms. The van der Waals surface area contributed by atoms with Crippen molar-refractivity contribution in [3.63, 3.8) is 0 Å². The van der Waals surface area contributed by atoms with Gasteiger partial charge in [0.2, 0.25) is 5.82 Å². The third kappa shape index (κ3) is 3.14. The van der Waals surface area contributed by atoms with Crippen molar-refractivity contribution in [1.29, 1.82) is 0 Å². The fourth-order valence-corrected chi connectivity index (χ4v) is 5.48. The molecule has 3 heterocycles. The number of carbonyl (C=O) groups excluding carboxylic acids is 1. The Bertz CT molecular complexity index is 826. The topological polar surface area (TPSA) is 111 Å². The van der Waals surface area contributed by atoms with Crippen molar-refractivity contribution in [2.75, 3.05) is 13.1 Å². The fourth-order valence-electron chi connectivity index (χ4n) is 2.59. The second-order valence-electron chi connectivity index (χ2n) is 5.51. The summed E-state index contributed by atoms with van der Waals surface area (Å²) in [5, 5.41) is 5.86. The van der Waals surface area contributed by atoms with Crippen molar-refractivity contribution >= 4 is 27.3 Å². The molecule has 2 aromatic rings. The Morgan fingerprint density at radius 2 is 2.26 bits per heavy atom. The molecule has 0 saturated carbocycles. The first-order valence-electron chi connectivity index (χ1n) is 7.14. The van der Waals surface area contributed by atoms with Crippen LogP contribution < -0.4 is 5.73 Å². The first-order valence-corrected chi connectivity index (χ1v) is 9.46. The average Bonchev–Trinajstić information content (AvgIpc) is 3.16. The highest BCUT2D eigenvalue weighted by Gasteiger charge is 2.32. The van der Waals surface area contributed by atoms with Crippen LogP contribution in [0.3, 0.4) is 0 Å². The molecule has 1 fully saturated rings. The quantitative estimate of drug-likeness (QED) is 0.871. The molecule has 1 unspecified atom stereocenters. The second-order valence-corrected chi connectivity index (χ2v) is 8.59. The number of carbonyl (C=O) groups is 1. The van der Waals surface area contributed by atoms with Crippen LogP contribution in [0.15, 0.2) is 22.0 Å². The van der Waals surface area contributed by atoms with E-state index >= 15 is 0 Å². The lowest BCUT2D eigenvalue weighted by molar-refractivity contribution is 0.0989. The minimum Gasteiger partial charge on any atom is -0.363 e. The predicted octanol–water partition coefficient (Wildman–Crippen LogP) is 0.773. The number of rotatable bonds is 4. The highest BCUT2D eigenvalue weighted by molar-refractivity contribution is 7.91. The van der Waals surface area contributed by atoms with E-state index < -0.39 is 15.9 Å². The number of nitrogens with two attached hydrogens (primary N) is 1. The molecule has 8 nitrogen and oxygen atoms in total. The molecule has 1 aliphatic rings. The molecule has 10 heteroatoms. The van der Waals surface area contributed by atoms with Crippen LogP contribution in [0.25, 0.3) is 0 Å². The molecule has 1 aliphatic heterocycles. The van der Waals surface area contributed by atoms with E-state index in [-0.39, 0.29) is 11.9 Å². The van der Waals surface area contributed by atoms with Gasteiger partial charge in [0.25, 0.3) is 15.9 Å². The van der Waals surface area contributed by atoms with Crippen LogP contribution in [0, 0.1) is 6.92 Å². The Balaban J connectivity index is 1.81. The van der Waals surface area contributed by atoms with Crippen molar-refractivity contribution in [3.05, 3.63) is 29.2 Å². The van der Waals surface area contributed by atoms with Gasteiger partial charge >= 0.3 is 0 Å². The molecule has 1 saturated heterocycles. The van der Waals surface area contributed by atoms with Crippen molar-refractivity contribution in [3.8, 4) is 0 Å². The van der Waals surface area contributed by atoms with Crippen molar-refractivity contribution in [2.24, 2.45) is 5.73 Å². The summed E-state index contributed by atoms with van der Waals surface area (Å²) < 4.78 is 28.8. The molecule has 2 aromatic heterocycles. The van der Waals surface area contributed by atoms with E-state index in [1.54, 1.807) is 6.07 Å². The largest absolute Gasteiger partial charge is 0.363 e. The number of piperidine rings is 1. The molecule has 0 spiro atoms. The van der Waals surface area contributed by atoms with Crippen LogP contribution in [0.1, 0.15) is 35.1 Å². The van der Waals surface area contributed by atoms with Crippen LogP contribution in [0.4, 0.5) is 0 Å². The average molecular weight is 355 g/mol. The highest BCUT2D eigenvalue weighted by Crippen LogP contribution is 2.29. The van der Waals surface area contributed by atoms with Gasteiger partial charge < -0.3 is 5.73 Å². The summed E-state index contributed by atoms with van der Waals surface area (Å²) in [5.41, 5.74) is 6.08. The fraction of sp³-hybridized carbons (Fsp3) is 0.462. The standard InChI is InChI=1S/C13H17N5O3S2/c1-9-5-11(22-7-9)23(20,21)17-4-2-3-10(6-17)18-8-15-13(16-18)12(14)19/h5,7-8,10H,2-4,6H2,1H3,(H2,14,19). The Kier molecular flexibility index (Phi) is 4.21. The number of hydrogen-bond donors (Lipinski definition) is 1. The number of amides is 1. The van der Waals surface area contributed by atoms with Crippen molar-refractivity contribution in [1.82, 2.24) is 19.1 Å². The monoisotopic (exact) mass is 355 g/mol. The maximum atomic E-state index is 12.7. The van der Waals surface area contributed by atoms with Crippen LogP contribution in [0.2, 0.25) is 0 Å². The van der Waals surface area contributed by atoms with E-state index in [1.807, 2.05) is 12.3 Å². The SMILES string of the molecule is Cc1csc(S(=O)(=O)N2CCCC(n3cnc(C(N)=O)n3)C2)c1. The molecular weight excluding hydrogens is 338 g/mol. The van der Waals surface area contributed by atoms with Gasteiger partial charge in [0.1, 0.15) is 10.5 Å². The van der Waals surface area contributed by atoms with Gasteiger partial charge in [-0.3, -0.25) is 4.79 Å². The molecule has 23 heavy (non-hydrogen) atoms. The Morgan fingerprint density at radius 1 is 1.48 bits per heavy atom. The number of aryl methyl sites for hydroxylation is 1. The van der Waals surface area contributed by atoms with E-state index in [9.17, 15) is 13.2 Å². The van der Waals surface area contributed by atoms with Crippen LogP contribution in [-0.2, 0) is 10.0 Å². The third-order valence-electron chi connectivity index (χ3n) is 3.76. The lowest BCUT2D eigenvalue weighted by Gasteiger charge is -2.31. The first kappa shape index (κ1) is 16.1. The van der Waals surface area contributed by atoms with Gasteiger partial charge in [-0.15, -0.1) is 16.4 Å². The number of thiophene rings is 1. The maximum absolute atomic E-state index is 12.7. The van der Waals surface area contributed by atoms with Gasteiger partial charge in [0.05, 0.1) is 6.04 Å². The zero-order valence-electron chi connectivity index (χ0n) is 12.5. The van der Waals surface area contributed by atoms with E-state index in [4.69, 9.17) is 5.73 Å². The summed E-state index contributed by atoms with van der Waals surface area (Å²) >= 11 is 1.23. The van der Waals surface area contributed by atoms with Crippen LogP contribution in [0.5, 0.6) is 0 Å². The van der Waals surface area contributed by atoms with Gasteiger partial charge in [-0.05, 0) is 36.8 Å². The first-order chi connectivity index (χ1) is 10.9. The van der Waals surface area contributed by atoms with Gasteiger partial charge in [-0.2, -0.15) is 4.31 Å². The summed E-state index contributed by atoms with van der Waals surface area (Å²) in [5.74, 6) is -0.753. The second kappa shape index (κ2) is 6.02. The maximum Gasteiger partial charge on any atom is 0.288 e. The van der Waals surface area contributed by atoms with E-state index in [0.29, 0.717) is 17.3 Å². The summed E-state index contributed by atoms with van der Waals surface area (Å²) in [4.78, 5) is 14.9. The minimum atomic E-state index is -3.49. The Labute approximate surface area is 138 Å². The zero-order valence-corrected chi connectivity index (χ0v) is 14.2. The minimum absolute atomic E-state index is 0.0566. The summed E-state index contributed by atoms with van der Waals surface area (Å²) in [6.45, 7) is 2.66. The molecule has 3 rings (SSSR count). The number of primary amides is 1. The zero-order chi connectivity index (χ0) is 16.6. The summed E-state index contributed by atoms with van der Waals surface area (Å²) in [6.07, 6.45) is 2.92. The lowest BCUT2D eigenvalue weighted by atomic mass is 10.1. The molecule has 124 valence electrons. The van der Waals surface area contributed by atoms with Crippen molar-refractivity contribution in [2.45, 2.75) is 30.0 Å². The van der Waals surface area contributed by atoms with Crippen molar-refractivity contribution < 1.29 is 13.2 Å². The van der Waals surface area contributed by atoms with E-state index in [0.717, 1.165) is 18.4 Å². The summed E-state index contributed by atoms with van der Waals surface area (Å²) in [6, 6.07) is 1.53. The normalized spacial score (nSPS) is 19.8. The van der Waals surface area contributed by atoms with Gasteiger partial charge in [-0.25, -0.2) is 18.1 Å². The number of sulfonamides is 1. The molecule has 0 aromatic carbocycles. The highest BCUT2D eigenvalue weighted by atomic mass is 32.2. The Morgan fingerprint density at radius 3 is 2.87 bits per heavy atom. The third-order valence-corrected chi connectivity index (χ3v) is 7.16. The molecule has 2 N–H and O–H groups in total. The van der Waals surface area contributed by atoms with E-state index in [1.165, 1.54) is 26.7 Å². The van der Waals surface area contributed by atoms with Crippen LogP contribution >= 0.6 is 11.3 Å². The number of aromatic nitrogens is 3. The smallest absolute Gasteiger partial charge is 0.288 e. The Hall–Kier alpha value is -1.78. The molecule has 1 atom stereocenters. The van der Waals surface area contributed by atoms with Gasteiger partial charge in [-0.1, -0.05) is 0 Å². The lowest BCUT2D eigenvalue weighted by Crippen LogP contribution is -2.40. The predicted molar refractivity (Wildman–Crippen MR) is 84.6 cm³/mol. The summed E-state index contributed by atoms with van der Waals surface area (Å²) in [7, 11) is -3.49. The molecular formula is C13H17N5O3S2. The van der Waals surface area contributed by atoms with Gasteiger partial charge in [0.15, 0.2) is 0 Å². The van der Waals surface area contributed by atoms with Crippen LogP contribution in [-0.4, -0.2) is 46.5 Å². The van der Waals surface area contributed by atoms with Gasteiger partial charge in [0, 0.05) is 13.1 Å². The number of nitrogens with zero attached hydrogens (tertiary/aromatic N) is 4. The molecule has 0 radical (unpaired) electrons. The van der Waals surface area contributed by atoms with E-state index in [2.05, 4.69) is 10.1 Å². The molecule has 1 amide bonds. The number of hydrogen-bond acceptors (Lipinski definition) is 6.